The molecule has 0 spiro atoms. The smallest absolute Gasteiger partial charge is 0.326 e. The minimum absolute atomic E-state index is 0.0885. The lowest BCUT2D eigenvalue weighted by molar-refractivity contribution is -0.140. The molecule has 0 aliphatic heterocycles. The second-order valence-corrected chi connectivity index (χ2v) is 6.02. The fourth-order valence-corrected chi connectivity index (χ4v) is 2.75. The minimum Gasteiger partial charge on any atom is -0.480 e. The first kappa shape index (κ1) is 17.8. The van der Waals surface area contributed by atoms with E-state index in [1.54, 1.807) is 0 Å². The normalized spacial score (nSPS) is 18.5. The predicted molar refractivity (Wildman–Crippen MR) is 82.3 cm³/mol. The Labute approximate surface area is 127 Å². The molecule has 0 aromatic heterocycles. The molecule has 1 saturated carbocycles. The number of aliphatic carboxylic acids is 1. The number of carboxylic acid groups (broad SMARTS) is 1. The van der Waals surface area contributed by atoms with E-state index in [0.29, 0.717) is 19.0 Å². The lowest BCUT2D eigenvalue weighted by Crippen LogP contribution is -2.50. The topological polar surface area (TPSA) is 81.7 Å². The van der Waals surface area contributed by atoms with E-state index in [1.165, 1.54) is 25.7 Å². The van der Waals surface area contributed by atoms with E-state index < -0.39 is 18.0 Å². The van der Waals surface area contributed by atoms with Crippen LogP contribution in [0.2, 0.25) is 0 Å². The molecule has 0 saturated heterocycles. The molecule has 2 atom stereocenters. The van der Waals surface area contributed by atoms with Gasteiger partial charge in [0.1, 0.15) is 6.04 Å². The van der Waals surface area contributed by atoms with Crippen LogP contribution in [0.5, 0.6) is 0 Å². The molecule has 1 aliphatic rings. The molecule has 122 valence electrons. The van der Waals surface area contributed by atoms with E-state index in [9.17, 15) is 9.59 Å². The fourth-order valence-electron chi connectivity index (χ4n) is 2.75. The monoisotopic (exact) mass is 299 g/mol. The third kappa shape index (κ3) is 5.91. The molecule has 1 fully saturated rings. The van der Waals surface area contributed by atoms with Crippen LogP contribution < -0.4 is 10.6 Å². The number of nitrogens with one attached hydrogen (secondary N) is 2. The summed E-state index contributed by atoms with van der Waals surface area (Å²) >= 11 is 0. The summed E-state index contributed by atoms with van der Waals surface area (Å²) in [6.07, 6.45) is 5.76. The zero-order valence-electron chi connectivity index (χ0n) is 13.4. The molecule has 0 bridgehead atoms. The van der Waals surface area contributed by atoms with Crippen LogP contribution in [-0.2, 0) is 4.79 Å². The maximum Gasteiger partial charge on any atom is 0.326 e. The molecule has 0 radical (unpaired) electrons. The number of carbonyl (C=O) groups excluding carboxylic acids is 1. The van der Waals surface area contributed by atoms with Crippen molar-refractivity contribution in [2.75, 3.05) is 20.1 Å². The second-order valence-electron chi connectivity index (χ2n) is 6.02. The summed E-state index contributed by atoms with van der Waals surface area (Å²) in [7, 11) is 2.08. The molecule has 0 aromatic rings. The number of likely N-dealkylation sites (N-methyl/N-ethyl adjacent to an activating group) is 1. The summed E-state index contributed by atoms with van der Waals surface area (Å²) in [5.74, 6) is -1.07. The number of carboxylic acids is 1. The SMILES string of the molecule is CC[C@H](C)[C@H](NC(=O)NCCN(C)C1CCCC1)C(=O)O. The maximum atomic E-state index is 11.8. The fraction of sp³-hybridized carbons (Fsp3) is 0.867. The Kier molecular flexibility index (Phi) is 7.50. The van der Waals surface area contributed by atoms with Gasteiger partial charge in [0.2, 0.25) is 0 Å². The quantitative estimate of drug-likeness (QED) is 0.636. The molecule has 2 amide bonds. The minimum atomic E-state index is -0.984. The van der Waals surface area contributed by atoms with Gasteiger partial charge in [0.15, 0.2) is 0 Å². The third-order valence-electron chi connectivity index (χ3n) is 4.46. The Bertz CT molecular complexity index is 343. The van der Waals surface area contributed by atoms with Crippen molar-refractivity contribution in [2.24, 2.45) is 5.92 Å². The van der Waals surface area contributed by atoms with Crippen LogP contribution in [0.4, 0.5) is 4.79 Å². The number of hydrogen-bond donors (Lipinski definition) is 3. The van der Waals surface area contributed by atoms with Crippen LogP contribution in [0.25, 0.3) is 0 Å². The van der Waals surface area contributed by atoms with Crippen molar-refractivity contribution in [3.8, 4) is 0 Å². The van der Waals surface area contributed by atoms with Gasteiger partial charge >= 0.3 is 12.0 Å². The van der Waals surface area contributed by atoms with E-state index in [-0.39, 0.29) is 5.92 Å². The highest BCUT2D eigenvalue weighted by molar-refractivity contribution is 5.82. The lowest BCUT2D eigenvalue weighted by atomic mass is 9.99. The van der Waals surface area contributed by atoms with Gasteiger partial charge in [-0.3, -0.25) is 0 Å². The summed E-state index contributed by atoms with van der Waals surface area (Å²) in [6, 6.07) is -0.605. The molecular formula is C15H29N3O3. The second kappa shape index (κ2) is 8.87. The van der Waals surface area contributed by atoms with Crippen molar-refractivity contribution in [3.05, 3.63) is 0 Å². The average Bonchev–Trinajstić information content (AvgIpc) is 2.97. The zero-order chi connectivity index (χ0) is 15.8. The molecule has 6 nitrogen and oxygen atoms in total. The Morgan fingerprint density at radius 1 is 1.33 bits per heavy atom. The van der Waals surface area contributed by atoms with Crippen molar-refractivity contribution < 1.29 is 14.7 Å². The van der Waals surface area contributed by atoms with Gasteiger partial charge in [-0.15, -0.1) is 0 Å². The molecule has 1 aliphatic carbocycles. The van der Waals surface area contributed by atoms with Crippen molar-refractivity contribution in [1.29, 1.82) is 0 Å². The van der Waals surface area contributed by atoms with Crippen molar-refractivity contribution in [3.63, 3.8) is 0 Å². The molecule has 1 rings (SSSR count). The Morgan fingerprint density at radius 3 is 2.48 bits per heavy atom. The van der Waals surface area contributed by atoms with Crippen LogP contribution in [0.1, 0.15) is 46.0 Å². The highest BCUT2D eigenvalue weighted by atomic mass is 16.4. The summed E-state index contributed by atoms with van der Waals surface area (Å²) in [4.78, 5) is 25.2. The first-order chi connectivity index (χ1) is 9.95. The first-order valence-electron chi connectivity index (χ1n) is 7.93. The van der Waals surface area contributed by atoms with E-state index in [4.69, 9.17) is 5.11 Å². The van der Waals surface area contributed by atoms with Crippen LogP contribution in [0, 0.1) is 5.92 Å². The third-order valence-corrected chi connectivity index (χ3v) is 4.46. The van der Waals surface area contributed by atoms with Crippen LogP contribution in [-0.4, -0.2) is 54.2 Å². The Hall–Kier alpha value is -1.30. The number of rotatable bonds is 8. The molecule has 0 heterocycles. The molecule has 21 heavy (non-hydrogen) atoms. The number of nitrogens with zero attached hydrogens (tertiary/aromatic N) is 1. The van der Waals surface area contributed by atoms with E-state index >= 15 is 0 Å². The standard InChI is InChI=1S/C15H29N3O3/c1-4-11(2)13(14(19)20)17-15(21)16-9-10-18(3)12-7-5-6-8-12/h11-13H,4-10H2,1-3H3,(H,19,20)(H2,16,17,21)/t11-,13-/m0/s1. The van der Waals surface area contributed by atoms with Crippen LogP contribution in [0.3, 0.4) is 0 Å². The van der Waals surface area contributed by atoms with Gasteiger partial charge in [-0.2, -0.15) is 0 Å². The zero-order valence-corrected chi connectivity index (χ0v) is 13.4. The Balaban J connectivity index is 2.27. The largest absolute Gasteiger partial charge is 0.480 e. The predicted octanol–water partition coefficient (Wildman–Crippen LogP) is 1.66. The Morgan fingerprint density at radius 2 is 1.95 bits per heavy atom. The highest BCUT2D eigenvalue weighted by Crippen LogP contribution is 2.21. The molecule has 6 heteroatoms. The van der Waals surface area contributed by atoms with Gasteiger partial charge in [-0.1, -0.05) is 33.1 Å². The average molecular weight is 299 g/mol. The summed E-state index contributed by atoms with van der Waals surface area (Å²) in [5, 5.41) is 14.4. The number of urea groups is 1. The van der Waals surface area contributed by atoms with Crippen molar-refractivity contribution in [2.45, 2.75) is 58.0 Å². The van der Waals surface area contributed by atoms with Crippen LogP contribution in [0.15, 0.2) is 0 Å². The number of amides is 2. The van der Waals surface area contributed by atoms with Crippen LogP contribution >= 0.6 is 0 Å². The summed E-state index contributed by atoms with van der Waals surface area (Å²) in [6.45, 7) is 5.06. The van der Waals surface area contributed by atoms with Gasteiger partial charge in [-0.25, -0.2) is 9.59 Å². The summed E-state index contributed by atoms with van der Waals surface area (Å²) < 4.78 is 0. The molecule has 0 aromatic carbocycles. The van der Waals surface area contributed by atoms with Crippen molar-refractivity contribution in [1.82, 2.24) is 15.5 Å². The summed E-state index contributed by atoms with van der Waals surface area (Å²) in [5.41, 5.74) is 0. The highest BCUT2D eigenvalue weighted by Gasteiger charge is 2.25. The molecule has 3 N–H and O–H groups in total. The van der Waals surface area contributed by atoms with Crippen molar-refractivity contribution >= 4 is 12.0 Å². The van der Waals surface area contributed by atoms with Gasteiger partial charge in [-0.05, 0) is 25.8 Å². The molecular weight excluding hydrogens is 270 g/mol. The van der Waals surface area contributed by atoms with E-state index in [0.717, 1.165) is 6.54 Å². The molecule has 0 unspecified atom stereocenters. The maximum absolute atomic E-state index is 11.8. The van der Waals surface area contributed by atoms with E-state index in [2.05, 4.69) is 22.6 Å². The van der Waals surface area contributed by atoms with Gasteiger partial charge < -0.3 is 20.6 Å². The number of carbonyl (C=O) groups is 2. The van der Waals surface area contributed by atoms with E-state index in [1.807, 2.05) is 13.8 Å². The number of hydrogen-bond acceptors (Lipinski definition) is 3. The lowest BCUT2D eigenvalue weighted by Gasteiger charge is -2.24. The van der Waals surface area contributed by atoms with Gasteiger partial charge in [0.05, 0.1) is 0 Å². The van der Waals surface area contributed by atoms with Gasteiger partial charge in [0, 0.05) is 19.1 Å². The first-order valence-corrected chi connectivity index (χ1v) is 7.93. The van der Waals surface area contributed by atoms with Gasteiger partial charge in [0.25, 0.3) is 0 Å².